The van der Waals surface area contributed by atoms with Gasteiger partial charge in [0.25, 0.3) is 0 Å². The van der Waals surface area contributed by atoms with Crippen LogP contribution in [0.1, 0.15) is 50.2 Å². The van der Waals surface area contributed by atoms with Crippen molar-refractivity contribution in [3.63, 3.8) is 0 Å². The number of aliphatic hydroxyl groups is 1. The highest BCUT2D eigenvalue weighted by atomic mass is 32.2. The molecule has 5 heteroatoms. The van der Waals surface area contributed by atoms with E-state index in [9.17, 15) is 0 Å². The Kier molecular flexibility index (Phi) is 3.53. The summed E-state index contributed by atoms with van der Waals surface area (Å²) in [4.78, 5) is 4.57. The molecule has 0 radical (unpaired) electrons. The van der Waals surface area contributed by atoms with Crippen LogP contribution in [0.25, 0.3) is 0 Å². The lowest BCUT2D eigenvalue weighted by Crippen LogP contribution is -2.48. The first kappa shape index (κ1) is 14.1. The summed E-state index contributed by atoms with van der Waals surface area (Å²) in [5.74, 6) is 5.82. The molecule has 0 atom stereocenters. The van der Waals surface area contributed by atoms with Crippen molar-refractivity contribution < 1.29 is 5.11 Å². The smallest absolute Gasteiger partial charge is 0.147 e. The molecular weight excluding hydrogens is 282 g/mol. The second-order valence-corrected chi connectivity index (χ2v) is 8.85. The van der Waals surface area contributed by atoms with Crippen LogP contribution in [0.5, 0.6) is 0 Å². The summed E-state index contributed by atoms with van der Waals surface area (Å²) in [6, 6.07) is 0. The van der Waals surface area contributed by atoms with Gasteiger partial charge in [-0.3, -0.25) is 0 Å². The number of aliphatic hydroxyl groups excluding tert-OH is 1. The number of hydrogen-bond donors (Lipinski definition) is 1. The third-order valence-corrected chi connectivity index (χ3v) is 7.17. The SMILES string of the molecule is Cc1nc(CSC23CC4CC(CC(C4)C2)C3)n(CCO)n1. The molecule has 1 aromatic heterocycles. The molecule has 4 saturated carbocycles. The third-order valence-electron chi connectivity index (χ3n) is 5.66. The molecule has 0 amide bonds. The molecule has 0 saturated heterocycles. The molecule has 21 heavy (non-hydrogen) atoms. The Labute approximate surface area is 130 Å². The molecule has 0 unspecified atom stereocenters. The average molecular weight is 307 g/mol. The molecular formula is C16H25N3OS. The van der Waals surface area contributed by atoms with Gasteiger partial charge in [-0.2, -0.15) is 5.10 Å². The fourth-order valence-electron chi connectivity index (χ4n) is 5.31. The molecule has 5 rings (SSSR count). The monoisotopic (exact) mass is 307 g/mol. The molecule has 4 aliphatic carbocycles. The maximum absolute atomic E-state index is 9.16. The maximum atomic E-state index is 9.16. The minimum absolute atomic E-state index is 0.137. The van der Waals surface area contributed by atoms with E-state index in [4.69, 9.17) is 5.11 Å². The molecule has 1 aromatic rings. The van der Waals surface area contributed by atoms with Crippen molar-refractivity contribution in [1.82, 2.24) is 14.8 Å². The van der Waals surface area contributed by atoms with Gasteiger partial charge in [-0.1, -0.05) is 0 Å². The summed E-state index contributed by atoms with van der Waals surface area (Å²) in [5, 5.41) is 13.6. The minimum atomic E-state index is 0.137. The maximum Gasteiger partial charge on any atom is 0.147 e. The van der Waals surface area contributed by atoms with Gasteiger partial charge in [0, 0.05) is 4.75 Å². The zero-order valence-electron chi connectivity index (χ0n) is 12.8. The Balaban J connectivity index is 1.47. The van der Waals surface area contributed by atoms with Crippen molar-refractivity contribution in [3.8, 4) is 0 Å². The van der Waals surface area contributed by atoms with Gasteiger partial charge in [0.1, 0.15) is 11.6 Å². The van der Waals surface area contributed by atoms with Crippen LogP contribution in [-0.2, 0) is 12.3 Å². The average Bonchev–Trinajstić information content (AvgIpc) is 2.76. The second-order valence-electron chi connectivity index (χ2n) is 7.41. The van der Waals surface area contributed by atoms with Crippen LogP contribution in [0.3, 0.4) is 0 Å². The molecule has 4 fully saturated rings. The van der Waals surface area contributed by atoms with Crippen molar-refractivity contribution >= 4 is 11.8 Å². The number of aromatic nitrogens is 3. The molecule has 1 heterocycles. The fourth-order valence-corrected chi connectivity index (χ4v) is 7.01. The Bertz CT molecular complexity index is 492. The van der Waals surface area contributed by atoms with Gasteiger partial charge in [-0.05, 0) is 63.2 Å². The van der Waals surface area contributed by atoms with Crippen LogP contribution in [0, 0.1) is 24.7 Å². The first-order chi connectivity index (χ1) is 10.2. The van der Waals surface area contributed by atoms with Gasteiger partial charge in [-0.15, -0.1) is 11.8 Å². The first-order valence-electron chi connectivity index (χ1n) is 8.31. The lowest BCUT2D eigenvalue weighted by Gasteiger charge is -2.56. The quantitative estimate of drug-likeness (QED) is 0.909. The molecule has 0 spiro atoms. The predicted molar refractivity (Wildman–Crippen MR) is 84.0 cm³/mol. The van der Waals surface area contributed by atoms with E-state index in [-0.39, 0.29) is 6.61 Å². The highest BCUT2D eigenvalue weighted by Gasteiger charge is 2.51. The van der Waals surface area contributed by atoms with E-state index in [1.54, 1.807) is 0 Å². The Hall–Kier alpha value is -0.550. The molecule has 1 N–H and O–H groups in total. The fraction of sp³-hybridized carbons (Fsp3) is 0.875. The van der Waals surface area contributed by atoms with Gasteiger partial charge in [-0.25, -0.2) is 9.67 Å². The molecule has 0 aromatic carbocycles. The van der Waals surface area contributed by atoms with Crippen molar-refractivity contribution in [2.45, 2.75) is 62.5 Å². The van der Waals surface area contributed by atoms with Crippen molar-refractivity contribution in [3.05, 3.63) is 11.6 Å². The summed E-state index contributed by atoms with van der Waals surface area (Å²) in [6.07, 6.45) is 8.78. The van der Waals surface area contributed by atoms with E-state index in [2.05, 4.69) is 21.8 Å². The minimum Gasteiger partial charge on any atom is -0.394 e. The number of thioether (sulfide) groups is 1. The Morgan fingerprint density at radius 3 is 2.38 bits per heavy atom. The lowest BCUT2D eigenvalue weighted by molar-refractivity contribution is 0.0383. The van der Waals surface area contributed by atoms with Crippen molar-refractivity contribution in [2.75, 3.05) is 6.61 Å². The van der Waals surface area contributed by atoms with Crippen LogP contribution in [0.2, 0.25) is 0 Å². The van der Waals surface area contributed by atoms with Gasteiger partial charge >= 0.3 is 0 Å². The highest BCUT2D eigenvalue weighted by molar-refractivity contribution is 7.99. The normalized spacial score (nSPS) is 37.3. The molecule has 4 aliphatic rings. The number of rotatable bonds is 5. The van der Waals surface area contributed by atoms with Crippen molar-refractivity contribution in [1.29, 1.82) is 0 Å². The van der Waals surface area contributed by atoms with E-state index in [0.29, 0.717) is 11.3 Å². The summed E-state index contributed by atoms with van der Waals surface area (Å²) in [7, 11) is 0. The van der Waals surface area contributed by atoms with E-state index in [1.165, 1.54) is 38.5 Å². The van der Waals surface area contributed by atoms with E-state index >= 15 is 0 Å². The molecule has 4 nitrogen and oxygen atoms in total. The highest BCUT2D eigenvalue weighted by Crippen LogP contribution is 2.60. The van der Waals surface area contributed by atoms with Crippen molar-refractivity contribution in [2.24, 2.45) is 17.8 Å². The molecule has 4 bridgehead atoms. The summed E-state index contributed by atoms with van der Waals surface area (Å²) in [5.41, 5.74) is 0. The van der Waals surface area contributed by atoms with Crippen LogP contribution in [0.4, 0.5) is 0 Å². The van der Waals surface area contributed by atoms with Gasteiger partial charge in [0.05, 0.1) is 18.9 Å². The summed E-state index contributed by atoms with van der Waals surface area (Å²) < 4.78 is 2.42. The molecule has 116 valence electrons. The van der Waals surface area contributed by atoms with E-state index in [1.807, 2.05) is 11.6 Å². The number of nitrogens with zero attached hydrogens (tertiary/aromatic N) is 3. The van der Waals surface area contributed by atoms with Crippen LogP contribution >= 0.6 is 11.8 Å². The second kappa shape index (κ2) is 5.27. The Morgan fingerprint density at radius 1 is 1.19 bits per heavy atom. The van der Waals surface area contributed by atoms with E-state index < -0.39 is 0 Å². The number of hydrogen-bond acceptors (Lipinski definition) is 4. The number of aryl methyl sites for hydroxylation is 1. The van der Waals surface area contributed by atoms with Gasteiger partial charge < -0.3 is 5.11 Å². The summed E-state index contributed by atoms with van der Waals surface area (Å²) >= 11 is 2.14. The van der Waals surface area contributed by atoms with Crippen LogP contribution in [-0.4, -0.2) is 31.2 Å². The topological polar surface area (TPSA) is 50.9 Å². The van der Waals surface area contributed by atoms with Crippen LogP contribution < -0.4 is 0 Å². The predicted octanol–water partition coefficient (Wildman–Crippen LogP) is 2.78. The Morgan fingerprint density at radius 2 is 1.81 bits per heavy atom. The third kappa shape index (κ3) is 2.63. The van der Waals surface area contributed by atoms with Gasteiger partial charge in [0.15, 0.2) is 0 Å². The largest absolute Gasteiger partial charge is 0.394 e. The van der Waals surface area contributed by atoms with Gasteiger partial charge in [0.2, 0.25) is 0 Å². The first-order valence-corrected chi connectivity index (χ1v) is 9.29. The lowest BCUT2D eigenvalue weighted by atomic mass is 9.56. The van der Waals surface area contributed by atoms with Crippen LogP contribution in [0.15, 0.2) is 0 Å². The zero-order chi connectivity index (χ0) is 14.4. The standard InChI is InChI=1S/C16H25N3OS/c1-11-17-15(19(18-11)2-3-20)10-21-16-7-12-4-13(8-16)6-14(5-12)9-16/h12-14,20H,2-10H2,1H3. The molecule has 0 aliphatic heterocycles. The zero-order valence-corrected chi connectivity index (χ0v) is 13.6. The van der Waals surface area contributed by atoms with E-state index in [0.717, 1.165) is 35.2 Å². The summed E-state index contributed by atoms with van der Waals surface area (Å²) in [6.45, 7) is 2.64.